The molecule has 0 heterocycles. The monoisotopic (exact) mass is 352 g/mol. The van der Waals surface area contributed by atoms with Gasteiger partial charge in [-0.05, 0) is 47.7 Å². The number of hydrogen-bond acceptors (Lipinski definition) is 2. The Morgan fingerprint density at radius 2 is 1.74 bits per heavy atom. The molecule has 3 rings (SSSR count). The van der Waals surface area contributed by atoms with Crippen LogP contribution in [0.15, 0.2) is 17.0 Å². The molecular weight excluding hydrogens is 335 g/mol. The standard InChI is InChI=1S/C16H17F5OS/c17-15(18)8-11-10(9-4-2-1-3-5-9)6-7-12(13(11)14(15)22)23-16(19,20)21/h6-7,9,14,22H,1-5,8H2. The second-order valence-corrected chi connectivity index (χ2v) is 7.38. The van der Waals surface area contributed by atoms with Crippen molar-refractivity contribution >= 4 is 11.8 Å². The Hall–Kier alpha value is -0.820. The average Bonchev–Trinajstić information content (AvgIpc) is 2.69. The molecule has 0 bridgehead atoms. The molecule has 0 radical (unpaired) electrons. The smallest absolute Gasteiger partial charge is 0.382 e. The van der Waals surface area contributed by atoms with E-state index in [9.17, 15) is 27.1 Å². The third kappa shape index (κ3) is 3.36. The van der Waals surface area contributed by atoms with Gasteiger partial charge in [-0.1, -0.05) is 25.3 Å². The SMILES string of the molecule is OC1c2c(SC(F)(F)F)ccc(C3CCCCC3)c2CC1(F)F. The molecule has 1 atom stereocenters. The Balaban J connectivity index is 2.05. The molecule has 1 aromatic rings. The fraction of sp³-hybridized carbons (Fsp3) is 0.625. The highest BCUT2D eigenvalue weighted by Crippen LogP contribution is 2.52. The molecule has 1 aromatic carbocycles. The molecule has 7 heteroatoms. The fourth-order valence-electron chi connectivity index (χ4n) is 3.71. The third-order valence-corrected chi connectivity index (χ3v) is 5.52. The Morgan fingerprint density at radius 1 is 1.09 bits per heavy atom. The molecule has 1 fully saturated rings. The number of fused-ring (bicyclic) bond motifs is 1. The van der Waals surface area contributed by atoms with Crippen LogP contribution in [-0.4, -0.2) is 16.5 Å². The van der Waals surface area contributed by atoms with E-state index in [1.165, 1.54) is 6.07 Å². The molecule has 0 spiro atoms. The van der Waals surface area contributed by atoms with E-state index in [1.807, 2.05) is 0 Å². The van der Waals surface area contributed by atoms with E-state index in [4.69, 9.17) is 0 Å². The Kier molecular flexibility index (Phi) is 4.38. The average molecular weight is 352 g/mol. The molecule has 23 heavy (non-hydrogen) atoms. The van der Waals surface area contributed by atoms with Gasteiger partial charge in [0.2, 0.25) is 0 Å². The van der Waals surface area contributed by atoms with Crippen molar-refractivity contribution in [2.75, 3.05) is 0 Å². The first-order chi connectivity index (χ1) is 10.7. The van der Waals surface area contributed by atoms with Crippen LogP contribution < -0.4 is 0 Å². The lowest BCUT2D eigenvalue weighted by Crippen LogP contribution is -2.22. The van der Waals surface area contributed by atoms with Crippen LogP contribution in [0, 0.1) is 0 Å². The summed E-state index contributed by atoms with van der Waals surface area (Å²) in [4.78, 5) is -0.309. The maximum Gasteiger partial charge on any atom is 0.446 e. The number of rotatable bonds is 2. The fourth-order valence-corrected chi connectivity index (χ4v) is 4.44. The van der Waals surface area contributed by atoms with Crippen LogP contribution in [0.25, 0.3) is 0 Å². The minimum absolute atomic E-state index is 0.100. The molecule has 2 aliphatic carbocycles. The lowest BCUT2D eigenvalue weighted by atomic mass is 9.81. The van der Waals surface area contributed by atoms with E-state index in [0.717, 1.165) is 32.1 Å². The molecule has 128 valence electrons. The van der Waals surface area contributed by atoms with E-state index in [0.29, 0.717) is 5.56 Å². The molecule has 0 amide bonds. The zero-order valence-electron chi connectivity index (χ0n) is 12.3. The molecule has 0 saturated heterocycles. The minimum Gasteiger partial charge on any atom is -0.382 e. The van der Waals surface area contributed by atoms with Gasteiger partial charge in [0.1, 0.15) is 6.10 Å². The summed E-state index contributed by atoms with van der Waals surface area (Å²) in [7, 11) is 0. The molecule has 0 aromatic heterocycles. The van der Waals surface area contributed by atoms with Gasteiger partial charge in [0.15, 0.2) is 0 Å². The van der Waals surface area contributed by atoms with Crippen LogP contribution in [0.5, 0.6) is 0 Å². The van der Waals surface area contributed by atoms with Gasteiger partial charge in [0.25, 0.3) is 5.92 Å². The van der Waals surface area contributed by atoms with Crippen LogP contribution in [0.2, 0.25) is 0 Å². The Bertz CT molecular complexity index is 593. The predicted octanol–water partition coefficient (Wildman–Crippen LogP) is 5.57. The first kappa shape index (κ1) is 17.0. The number of aliphatic hydroxyl groups is 1. The zero-order chi connectivity index (χ0) is 16.8. The molecule has 2 aliphatic rings. The first-order valence-electron chi connectivity index (χ1n) is 7.66. The van der Waals surface area contributed by atoms with Gasteiger partial charge in [-0.2, -0.15) is 13.2 Å². The summed E-state index contributed by atoms with van der Waals surface area (Å²) in [6, 6.07) is 2.79. The number of hydrogen-bond donors (Lipinski definition) is 1. The van der Waals surface area contributed by atoms with Crippen LogP contribution in [0.3, 0.4) is 0 Å². The van der Waals surface area contributed by atoms with E-state index in [2.05, 4.69) is 0 Å². The quantitative estimate of drug-likeness (QED) is 0.555. The third-order valence-electron chi connectivity index (χ3n) is 4.71. The van der Waals surface area contributed by atoms with Gasteiger partial charge in [-0.3, -0.25) is 0 Å². The van der Waals surface area contributed by atoms with Gasteiger partial charge < -0.3 is 5.11 Å². The molecule has 1 nitrogen and oxygen atoms in total. The topological polar surface area (TPSA) is 20.2 Å². The van der Waals surface area contributed by atoms with Gasteiger partial charge in [0, 0.05) is 16.9 Å². The highest BCUT2D eigenvalue weighted by Gasteiger charge is 2.50. The van der Waals surface area contributed by atoms with Crippen LogP contribution in [0.4, 0.5) is 22.0 Å². The maximum atomic E-state index is 14.0. The summed E-state index contributed by atoms with van der Waals surface area (Å²) in [6.07, 6.45) is 1.97. The number of benzene rings is 1. The van der Waals surface area contributed by atoms with E-state index in [-0.39, 0.29) is 21.9 Å². The lowest BCUT2D eigenvalue weighted by Gasteiger charge is -2.25. The number of alkyl halides is 5. The van der Waals surface area contributed by atoms with Crippen molar-refractivity contribution in [1.82, 2.24) is 0 Å². The van der Waals surface area contributed by atoms with Crippen molar-refractivity contribution in [2.24, 2.45) is 0 Å². The molecule has 1 saturated carbocycles. The second-order valence-electron chi connectivity index (χ2n) is 6.27. The van der Waals surface area contributed by atoms with Gasteiger partial charge in [0.05, 0.1) is 0 Å². The highest BCUT2D eigenvalue weighted by atomic mass is 32.2. The summed E-state index contributed by atoms with van der Waals surface area (Å²) in [6.45, 7) is 0. The predicted molar refractivity (Wildman–Crippen MR) is 77.8 cm³/mol. The Morgan fingerprint density at radius 3 is 2.35 bits per heavy atom. The summed E-state index contributed by atoms with van der Waals surface area (Å²) >= 11 is -0.427. The van der Waals surface area contributed by atoms with Crippen molar-refractivity contribution in [3.63, 3.8) is 0 Å². The number of thioether (sulfide) groups is 1. The van der Waals surface area contributed by atoms with Crippen LogP contribution in [0.1, 0.15) is 60.8 Å². The van der Waals surface area contributed by atoms with Crippen molar-refractivity contribution in [3.8, 4) is 0 Å². The Labute approximate surface area is 135 Å². The van der Waals surface area contributed by atoms with Crippen molar-refractivity contribution in [3.05, 3.63) is 28.8 Å². The van der Waals surface area contributed by atoms with Crippen molar-refractivity contribution in [1.29, 1.82) is 0 Å². The number of aliphatic hydroxyl groups excluding tert-OH is 1. The van der Waals surface area contributed by atoms with E-state index >= 15 is 0 Å². The summed E-state index contributed by atoms with van der Waals surface area (Å²) in [5.41, 5.74) is -3.87. The highest BCUT2D eigenvalue weighted by molar-refractivity contribution is 8.00. The lowest BCUT2D eigenvalue weighted by molar-refractivity contribution is -0.0977. The summed E-state index contributed by atoms with van der Waals surface area (Å²) in [5.74, 6) is -3.31. The first-order valence-corrected chi connectivity index (χ1v) is 8.48. The molecule has 1 unspecified atom stereocenters. The normalized spacial score (nSPS) is 24.7. The minimum atomic E-state index is -4.57. The van der Waals surface area contributed by atoms with Gasteiger partial charge >= 0.3 is 5.51 Å². The molecule has 0 aliphatic heterocycles. The van der Waals surface area contributed by atoms with Crippen LogP contribution >= 0.6 is 11.8 Å². The van der Waals surface area contributed by atoms with Crippen molar-refractivity contribution in [2.45, 2.75) is 66.9 Å². The largest absolute Gasteiger partial charge is 0.446 e. The van der Waals surface area contributed by atoms with Crippen molar-refractivity contribution < 1.29 is 27.1 Å². The molecular formula is C16H17F5OS. The zero-order valence-corrected chi connectivity index (χ0v) is 13.1. The van der Waals surface area contributed by atoms with Crippen LogP contribution in [-0.2, 0) is 6.42 Å². The van der Waals surface area contributed by atoms with Gasteiger partial charge in [-0.15, -0.1) is 0 Å². The summed E-state index contributed by atoms with van der Waals surface area (Å²) in [5, 5.41) is 9.88. The summed E-state index contributed by atoms with van der Waals surface area (Å²) < 4.78 is 65.9. The molecule has 1 N–H and O–H groups in total. The van der Waals surface area contributed by atoms with E-state index in [1.54, 1.807) is 6.07 Å². The van der Waals surface area contributed by atoms with Gasteiger partial charge in [-0.25, -0.2) is 8.78 Å². The second kappa shape index (κ2) is 5.92. The van der Waals surface area contributed by atoms with E-state index < -0.39 is 35.7 Å². The maximum absolute atomic E-state index is 14.0. The number of halogens is 5.